The molecule has 1 aromatic rings. The van der Waals surface area contributed by atoms with Crippen molar-refractivity contribution in [2.24, 2.45) is 0 Å². The van der Waals surface area contributed by atoms with E-state index in [9.17, 15) is 13.2 Å². The van der Waals surface area contributed by atoms with Gasteiger partial charge in [-0.15, -0.1) is 0 Å². The summed E-state index contributed by atoms with van der Waals surface area (Å²) in [4.78, 5) is 3.91. The van der Waals surface area contributed by atoms with E-state index < -0.39 is 12.6 Å². The third-order valence-electron chi connectivity index (χ3n) is 1.78. The minimum atomic E-state index is -4.05. The summed E-state index contributed by atoms with van der Waals surface area (Å²) in [5, 5.41) is 0. The number of rotatable bonds is 3. The Bertz CT molecular complexity index is 265. The lowest BCUT2D eigenvalue weighted by Crippen LogP contribution is -2.09. The van der Waals surface area contributed by atoms with Crippen molar-refractivity contribution in [3.8, 4) is 0 Å². The van der Waals surface area contributed by atoms with Crippen molar-refractivity contribution < 1.29 is 13.2 Å². The van der Waals surface area contributed by atoms with Crippen LogP contribution in [0.1, 0.15) is 18.7 Å². The van der Waals surface area contributed by atoms with Gasteiger partial charge in [0.25, 0.3) is 0 Å². The molecule has 0 aromatic carbocycles. The highest BCUT2D eigenvalue weighted by molar-refractivity contribution is 4.88. The molecule has 0 unspecified atom stereocenters. The van der Waals surface area contributed by atoms with Gasteiger partial charge in [0.05, 0.1) is 0 Å². The summed E-state index contributed by atoms with van der Waals surface area (Å²) in [7, 11) is 0. The molecule has 0 N–H and O–H groups in total. The molecule has 13 heavy (non-hydrogen) atoms. The summed E-state index contributed by atoms with van der Waals surface area (Å²) in [6.07, 6.45) is -1.39. The minimum Gasteiger partial charge on any atom is -0.335 e. The van der Waals surface area contributed by atoms with E-state index >= 15 is 0 Å². The Morgan fingerprint density at radius 3 is 2.62 bits per heavy atom. The molecule has 0 saturated carbocycles. The molecule has 1 rings (SSSR count). The standard InChI is InChI=1S/C8H11F3N2/c1-7-12-4-6-13(7)5-2-3-8(9,10)11/h4,6H,2-3,5H2,1H3. The van der Waals surface area contributed by atoms with E-state index in [1.807, 2.05) is 0 Å². The van der Waals surface area contributed by atoms with Gasteiger partial charge in [0.1, 0.15) is 5.82 Å². The SMILES string of the molecule is Cc1nccn1CCCC(F)(F)F. The van der Waals surface area contributed by atoms with Crippen LogP contribution in [0.5, 0.6) is 0 Å². The molecular formula is C8H11F3N2. The Labute approximate surface area is 74.4 Å². The Balaban J connectivity index is 2.32. The molecule has 0 aliphatic rings. The van der Waals surface area contributed by atoms with Gasteiger partial charge < -0.3 is 4.57 Å². The number of aryl methyl sites for hydroxylation is 2. The number of hydrogen-bond acceptors (Lipinski definition) is 1. The molecular weight excluding hydrogens is 181 g/mol. The molecule has 0 aliphatic heterocycles. The first kappa shape index (κ1) is 10.1. The predicted molar refractivity (Wildman–Crippen MR) is 42.3 cm³/mol. The number of alkyl halides is 3. The van der Waals surface area contributed by atoms with Crippen LogP contribution in [0, 0.1) is 6.92 Å². The van der Waals surface area contributed by atoms with Crippen LogP contribution in [-0.4, -0.2) is 15.7 Å². The second-order valence-electron chi connectivity index (χ2n) is 2.89. The van der Waals surface area contributed by atoms with Crippen molar-refractivity contribution in [3.63, 3.8) is 0 Å². The third kappa shape index (κ3) is 3.48. The van der Waals surface area contributed by atoms with E-state index in [1.165, 1.54) is 0 Å². The normalized spacial score (nSPS) is 12.0. The minimum absolute atomic E-state index is 0.112. The van der Waals surface area contributed by atoms with Gasteiger partial charge in [0.15, 0.2) is 0 Å². The fraction of sp³-hybridized carbons (Fsp3) is 0.625. The molecule has 0 spiro atoms. The van der Waals surface area contributed by atoms with Crippen molar-refractivity contribution in [1.82, 2.24) is 9.55 Å². The van der Waals surface area contributed by atoms with Crippen LogP contribution in [-0.2, 0) is 6.54 Å². The molecule has 5 heteroatoms. The van der Waals surface area contributed by atoms with Gasteiger partial charge in [-0.05, 0) is 13.3 Å². The molecule has 0 atom stereocenters. The quantitative estimate of drug-likeness (QED) is 0.719. The summed E-state index contributed by atoms with van der Waals surface area (Å²) >= 11 is 0. The first-order valence-corrected chi connectivity index (χ1v) is 4.03. The highest BCUT2D eigenvalue weighted by Gasteiger charge is 2.25. The fourth-order valence-electron chi connectivity index (χ4n) is 1.09. The maximum Gasteiger partial charge on any atom is 0.389 e. The lowest BCUT2D eigenvalue weighted by molar-refractivity contribution is -0.135. The highest BCUT2D eigenvalue weighted by atomic mass is 19.4. The van der Waals surface area contributed by atoms with Crippen molar-refractivity contribution in [2.75, 3.05) is 0 Å². The van der Waals surface area contributed by atoms with Gasteiger partial charge in [-0.25, -0.2) is 4.98 Å². The maximum atomic E-state index is 11.8. The van der Waals surface area contributed by atoms with Crippen LogP contribution in [0.4, 0.5) is 13.2 Å². The van der Waals surface area contributed by atoms with Gasteiger partial charge in [-0.1, -0.05) is 0 Å². The average Bonchev–Trinajstić information content (AvgIpc) is 2.34. The largest absolute Gasteiger partial charge is 0.389 e. The third-order valence-corrected chi connectivity index (χ3v) is 1.78. The zero-order chi connectivity index (χ0) is 9.90. The maximum absolute atomic E-state index is 11.8. The molecule has 74 valence electrons. The van der Waals surface area contributed by atoms with Crippen LogP contribution in [0.2, 0.25) is 0 Å². The molecule has 0 radical (unpaired) electrons. The van der Waals surface area contributed by atoms with Gasteiger partial charge in [-0.3, -0.25) is 0 Å². The molecule has 0 fully saturated rings. The first-order valence-electron chi connectivity index (χ1n) is 4.03. The van der Waals surface area contributed by atoms with E-state index in [0.29, 0.717) is 6.54 Å². The number of nitrogens with zero attached hydrogens (tertiary/aromatic N) is 2. The lowest BCUT2D eigenvalue weighted by Gasteiger charge is -2.07. The van der Waals surface area contributed by atoms with Crippen molar-refractivity contribution >= 4 is 0 Å². The zero-order valence-electron chi connectivity index (χ0n) is 7.30. The van der Waals surface area contributed by atoms with E-state index in [-0.39, 0.29) is 6.42 Å². The molecule has 0 bridgehead atoms. The van der Waals surface area contributed by atoms with Gasteiger partial charge in [-0.2, -0.15) is 13.2 Å². The number of hydrogen-bond donors (Lipinski definition) is 0. The van der Waals surface area contributed by atoms with Crippen LogP contribution >= 0.6 is 0 Å². The molecule has 2 nitrogen and oxygen atoms in total. The van der Waals surface area contributed by atoms with E-state index in [4.69, 9.17) is 0 Å². The first-order chi connectivity index (χ1) is 5.99. The Morgan fingerprint density at radius 2 is 2.15 bits per heavy atom. The summed E-state index contributed by atoms with van der Waals surface area (Å²) in [6, 6.07) is 0. The van der Waals surface area contributed by atoms with Gasteiger partial charge >= 0.3 is 6.18 Å². The molecule has 1 heterocycles. The topological polar surface area (TPSA) is 17.8 Å². The monoisotopic (exact) mass is 192 g/mol. The van der Waals surface area contributed by atoms with Crippen molar-refractivity contribution in [3.05, 3.63) is 18.2 Å². The van der Waals surface area contributed by atoms with Crippen molar-refractivity contribution in [2.45, 2.75) is 32.5 Å². The van der Waals surface area contributed by atoms with Gasteiger partial charge in [0.2, 0.25) is 0 Å². The Hall–Kier alpha value is -1.00. The predicted octanol–water partition coefficient (Wildman–Crippen LogP) is 2.53. The molecule has 0 amide bonds. The molecule has 0 aliphatic carbocycles. The average molecular weight is 192 g/mol. The number of imidazole rings is 1. The second kappa shape index (κ2) is 3.81. The number of halogens is 3. The molecule has 1 aromatic heterocycles. The summed E-state index contributed by atoms with van der Waals surface area (Å²) in [6.45, 7) is 2.15. The van der Waals surface area contributed by atoms with E-state index in [2.05, 4.69) is 4.98 Å². The Kier molecular flexibility index (Phi) is 2.95. The lowest BCUT2D eigenvalue weighted by atomic mass is 10.3. The van der Waals surface area contributed by atoms with Crippen LogP contribution < -0.4 is 0 Å². The smallest absolute Gasteiger partial charge is 0.335 e. The fourth-order valence-corrected chi connectivity index (χ4v) is 1.09. The number of aromatic nitrogens is 2. The van der Waals surface area contributed by atoms with Gasteiger partial charge in [0, 0.05) is 25.4 Å². The van der Waals surface area contributed by atoms with Crippen LogP contribution in [0.25, 0.3) is 0 Å². The summed E-state index contributed by atoms with van der Waals surface area (Å²) < 4.78 is 37.0. The second-order valence-corrected chi connectivity index (χ2v) is 2.89. The van der Waals surface area contributed by atoms with Crippen LogP contribution in [0.15, 0.2) is 12.4 Å². The van der Waals surface area contributed by atoms with E-state index in [1.54, 1.807) is 23.9 Å². The summed E-state index contributed by atoms with van der Waals surface area (Å²) in [5.41, 5.74) is 0. The molecule has 0 saturated heterocycles. The van der Waals surface area contributed by atoms with Crippen molar-refractivity contribution in [1.29, 1.82) is 0 Å². The van der Waals surface area contributed by atoms with E-state index in [0.717, 1.165) is 5.82 Å². The van der Waals surface area contributed by atoms with Crippen LogP contribution in [0.3, 0.4) is 0 Å². The summed E-state index contributed by atoms with van der Waals surface area (Å²) in [5.74, 6) is 0.752. The highest BCUT2D eigenvalue weighted by Crippen LogP contribution is 2.21. The Morgan fingerprint density at radius 1 is 1.46 bits per heavy atom. The zero-order valence-corrected chi connectivity index (χ0v) is 7.30.